The molecule has 4 heterocycles. The number of carbonyl (C=O) groups excluding carboxylic acids is 1. The van der Waals surface area contributed by atoms with Gasteiger partial charge in [0, 0.05) is 37.3 Å². The zero-order chi connectivity index (χ0) is 21.4. The molecule has 0 radical (unpaired) electrons. The molecule has 0 aliphatic carbocycles. The highest BCUT2D eigenvalue weighted by molar-refractivity contribution is 7.16. The molecule has 1 atom stereocenters. The molecular formula is C22H23N7OS. The van der Waals surface area contributed by atoms with E-state index in [1.807, 2.05) is 35.4 Å². The number of amides is 1. The van der Waals surface area contributed by atoms with Crippen molar-refractivity contribution < 1.29 is 4.79 Å². The molecule has 3 aromatic heterocycles. The first kappa shape index (κ1) is 19.6. The number of benzene rings is 1. The van der Waals surface area contributed by atoms with Gasteiger partial charge in [0.15, 0.2) is 0 Å². The molecule has 9 heteroatoms. The first-order valence-electron chi connectivity index (χ1n) is 10.3. The number of thiophene rings is 1. The Bertz CT molecular complexity index is 1220. The quantitative estimate of drug-likeness (QED) is 0.493. The summed E-state index contributed by atoms with van der Waals surface area (Å²) in [4.78, 5) is 29.5. The highest BCUT2D eigenvalue weighted by Crippen LogP contribution is 2.26. The van der Waals surface area contributed by atoms with Crippen LogP contribution in [0.25, 0.3) is 15.9 Å². The summed E-state index contributed by atoms with van der Waals surface area (Å²) < 4.78 is 0. The average molecular weight is 434 g/mol. The van der Waals surface area contributed by atoms with E-state index in [2.05, 4.69) is 39.3 Å². The Kier molecular flexibility index (Phi) is 5.11. The second-order valence-electron chi connectivity index (χ2n) is 7.77. The van der Waals surface area contributed by atoms with E-state index in [0.717, 1.165) is 29.1 Å². The Labute approximate surface area is 184 Å². The molecule has 1 amide bonds. The van der Waals surface area contributed by atoms with E-state index in [9.17, 15) is 4.79 Å². The highest BCUT2D eigenvalue weighted by Gasteiger charge is 2.28. The second-order valence-corrected chi connectivity index (χ2v) is 8.62. The number of carbonyl (C=O) groups is 1. The molecule has 0 saturated carbocycles. The molecule has 1 aromatic carbocycles. The summed E-state index contributed by atoms with van der Waals surface area (Å²) in [7, 11) is 0. The Morgan fingerprint density at radius 3 is 2.77 bits per heavy atom. The van der Waals surface area contributed by atoms with Crippen LogP contribution in [-0.4, -0.2) is 61.4 Å². The zero-order valence-electron chi connectivity index (χ0n) is 17.5. The van der Waals surface area contributed by atoms with Gasteiger partial charge in [0.1, 0.15) is 4.83 Å². The van der Waals surface area contributed by atoms with E-state index >= 15 is 0 Å². The number of aryl methyl sites for hydroxylation is 1. The monoisotopic (exact) mass is 433 g/mol. The zero-order valence-corrected chi connectivity index (χ0v) is 18.3. The lowest BCUT2D eigenvalue weighted by Gasteiger charge is -2.27. The van der Waals surface area contributed by atoms with E-state index in [1.54, 1.807) is 23.7 Å². The van der Waals surface area contributed by atoms with Crippen LogP contribution in [0.15, 0.2) is 48.2 Å². The van der Waals surface area contributed by atoms with E-state index < -0.39 is 0 Å². The number of nitrogens with zero attached hydrogens (tertiary/aromatic N) is 7. The summed E-state index contributed by atoms with van der Waals surface area (Å²) >= 11 is 1.64. The van der Waals surface area contributed by atoms with Crippen molar-refractivity contribution in [3.05, 3.63) is 59.4 Å². The van der Waals surface area contributed by atoms with Gasteiger partial charge in [-0.2, -0.15) is 15.0 Å². The Hall–Kier alpha value is -3.33. The molecule has 4 aromatic rings. The largest absolute Gasteiger partial charge is 0.339 e. The minimum Gasteiger partial charge on any atom is -0.339 e. The third kappa shape index (κ3) is 3.65. The maximum Gasteiger partial charge on any atom is 0.256 e. The van der Waals surface area contributed by atoms with Crippen LogP contribution in [0.1, 0.15) is 29.3 Å². The van der Waals surface area contributed by atoms with Crippen LogP contribution in [0.4, 0.5) is 5.95 Å². The van der Waals surface area contributed by atoms with Crippen LogP contribution in [0.3, 0.4) is 0 Å². The van der Waals surface area contributed by atoms with Gasteiger partial charge in [0.2, 0.25) is 5.95 Å². The maximum atomic E-state index is 13.5. The Morgan fingerprint density at radius 1 is 1.13 bits per heavy atom. The molecule has 1 aliphatic rings. The van der Waals surface area contributed by atoms with Gasteiger partial charge in [-0.3, -0.25) is 4.79 Å². The first-order valence-corrected chi connectivity index (χ1v) is 11.2. The minimum atomic E-state index is -0.00694. The minimum absolute atomic E-state index is 0.00694. The van der Waals surface area contributed by atoms with Crippen molar-refractivity contribution >= 4 is 33.4 Å². The molecule has 0 spiro atoms. The summed E-state index contributed by atoms with van der Waals surface area (Å²) in [6.07, 6.45) is 5.98. The van der Waals surface area contributed by atoms with Gasteiger partial charge in [0.05, 0.1) is 23.6 Å². The van der Waals surface area contributed by atoms with Crippen molar-refractivity contribution in [2.45, 2.75) is 26.3 Å². The third-order valence-electron chi connectivity index (χ3n) is 5.79. The summed E-state index contributed by atoms with van der Waals surface area (Å²) in [6.45, 7) is 6.28. The van der Waals surface area contributed by atoms with E-state index in [4.69, 9.17) is 4.98 Å². The van der Waals surface area contributed by atoms with Crippen molar-refractivity contribution in [2.75, 3.05) is 24.5 Å². The van der Waals surface area contributed by atoms with Crippen molar-refractivity contribution in [3.63, 3.8) is 0 Å². The smallest absolute Gasteiger partial charge is 0.256 e. The average Bonchev–Trinajstić information content (AvgIpc) is 3.41. The number of rotatable bonds is 3. The molecular weight excluding hydrogens is 410 g/mol. The van der Waals surface area contributed by atoms with Crippen molar-refractivity contribution in [1.29, 1.82) is 0 Å². The number of hydrogen-bond donors (Lipinski definition) is 0. The summed E-state index contributed by atoms with van der Waals surface area (Å²) in [5.74, 6) is 0.726. The normalized spacial score (nSPS) is 17.2. The number of anilines is 1. The fourth-order valence-corrected chi connectivity index (χ4v) is 4.85. The van der Waals surface area contributed by atoms with Crippen LogP contribution in [0.2, 0.25) is 0 Å². The first-order chi connectivity index (χ1) is 15.1. The van der Waals surface area contributed by atoms with Crippen LogP contribution in [0.5, 0.6) is 0 Å². The SMILES string of the molecule is Cc1csc2nc(N3CC[C@H](C)N(C(=O)c4ccccc4-n4nccn4)CC3)ncc12. The van der Waals surface area contributed by atoms with Gasteiger partial charge in [-0.15, -0.1) is 11.3 Å². The summed E-state index contributed by atoms with van der Waals surface area (Å²) in [6, 6.07) is 7.58. The Morgan fingerprint density at radius 2 is 1.94 bits per heavy atom. The Balaban J connectivity index is 1.39. The number of aromatic nitrogens is 5. The van der Waals surface area contributed by atoms with Gasteiger partial charge in [0.25, 0.3) is 5.91 Å². The molecule has 31 heavy (non-hydrogen) atoms. The molecule has 1 aliphatic heterocycles. The van der Waals surface area contributed by atoms with Crippen molar-refractivity contribution in [2.24, 2.45) is 0 Å². The third-order valence-corrected chi connectivity index (χ3v) is 6.79. The van der Waals surface area contributed by atoms with Crippen LogP contribution >= 0.6 is 11.3 Å². The van der Waals surface area contributed by atoms with Crippen LogP contribution < -0.4 is 4.90 Å². The van der Waals surface area contributed by atoms with Gasteiger partial charge in [-0.25, -0.2) is 9.97 Å². The number of fused-ring (bicyclic) bond motifs is 1. The molecule has 0 N–H and O–H groups in total. The number of para-hydroxylation sites is 1. The maximum absolute atomic E-state index is 13.5. The molecule has 5 rings (SSSR count). The molecule has 0 unspecified atom stereocenters. The van der Waals surface area contributed by atoms with Gasteiger partial charge in [-0.05, 0) is 43.3 Å². The van der Waals surface area contributed by atoms with E-state index in [1.165, 1.54) is 10.4 Å². The van der Waals surface area contributed by atoms with Gasteiger partial charge >= 0.3 is 0 Å². The van der Waals surface area contributed by atoms with Gasteiger partial charge in [-0.1, -0.05) is 12.1 Å². The predicted octanol–water partition coefficient (Wildman–Crippen LogP) is 3.32. The van der Waals surface area contributed by atoms with Gasteiger partial charge < -0.3 is 9.80 Å². The lowest BCUT2D eigenvalue weighted by Crippen LogP contribution is -2.40. The molecule has 8 nitrogen and oxygen atoms in total. The molecule has 1 fully saturated rings. The fourth-order valence-electron chi connectivity index (χ4n) is 3.96. The van der Waals surface area contributed by atoms with Crippen molar-refractivity contribution in [3.8, 4) is 5.69 Å². The predicted molar refractivity (Wildman–Crippen MR) is 121 cm³/mol. The van der Waals surface area contributed by atoms with Crippen molar-refractivity contribution in [1.82, 2.24) is 29.9 Å². The van der Waals surface area contributed by atoms with E-state index in [0.29, 0.717) is 24.3 Å². The second kappa shape index (κ2) is 8.07. The molecule has 1 saturated heterocycles. The fraction of sp³-hybridized carbons (Fsp3) is 0.318. The van der Waals surface area contributed by atoms with E-state index in [-0.39, 0.29) is 11.9 Å². The van der Waals surface area contributed by atoms with Crippen LogP contribution in [-0.2, 0) is 0 Å². The lowest BCUT2D eigenvalue weighted by molar-refractivity contribution is 0.0705. The topological polar surface area (TPSA) is 80.0 Å². The summed E-state index contributed by atoms with van der Waals surface area (Å²) in [5, 5.41) is 11.6. The number of hydrogen-bond acceptors (Lipinski definition) is 7. The molecule has 158 valence electrons. The molecule has 0 bridgehead atoms. The van der Waals surface area contributed by atoms with Crippen LogP contribution in [0, 0.1) is 6.92 Å². The highest BCUT2D eigenvalue weighted by atomic mass is 32.1. The lowest BCUT2D eigenvalue weighted by atomic mass is 10.1. The summed E-state index contributed by atoms with van der Waals surface area (Å²) in [5.41, 5.74) is 2.50. The standard InChI is InChI=1S/C22H23N7OS/c1-15-14-31-20-18(15)13-23-22(26-20)27-10-7-16(2)28(12-11-27)21(30)17-5-3-4-6-19(17)29-24-8-9-25-29/h3-6,8-9,13-14,16H,7,10-12H2,1-2H3/t16-/m0/s1.